The van der Waals surface area contributed by atoms with Crippen molar-refractivity contribution in [3.05, 3.63) is 60.0 Å². The Kier molecular flexibility index (Phi) is 7.00. The molecule has 1 aromatic heterocycles. The van der Waals surface area contributed by atoms with Crippen molar-refractivity contribution in [1.82, 2.24) is 4.98 Å². The van der Waals surface area contributed by atoms with E-state index in [1.807, 2.05) is 31.2 Å². The van der Waals surface area contributed by atoms with Crippen LogP contribution in [0.3, 0.4) is 0 Å². The Bertz CT molecular complexity index is 1000. The van der Waals surface area contributed by atoms with Gasteiger partial charge in [-0.3, -0.25) is 4.79 Å². The van der Waals surface area contributed by atoms with Crippen molar-refractivity contribution in [3.63, 3.8) is 0 Å². The van der Waals surface area contributed by atoms with Crippen molar-refractivity contribution < 1.29 is 32.2 Å². The maximum Gasteiger partial charge on any atom is 0.387 e. The number of rotatable bonds is 10. The second-order valence-corrected chi connectivity index (χ2v) is 6.32. The summed E-state index contributed by atoms with van der Waals surface area (Å²) in [6.45, 7) is -0.602. The third-order valence-electron chi connectivity index (χ3n) is 4.22. The van der Waals surface area contributed by atoms with Crippen molar-refractivity contribution >= 4 is 5.78 Å². The number of aromatic nitrogens is 1. The lowest BCUT2D eigenvalue weighted by atomic mass is 10.1. The molecule has 0 bridgehead atoms. The standard InChI is InChI=1S/C22H21F2NO5/c1-3-28-18-7-5-4-6-14(18)10-17(26)12-16-13-29-21(25-16)15-8-9-19(27-2)20(11-15)30-22(23)24/h4-9,11,13,22H,3,10,12H2,1-2H3. The van der Waals surface area contributed by atoms with Crippen molar-refractivity contribution in [2.24, 2.45) is 0 Å². The number of hydrogen-bond donors (Lipinski definition) is 0. The fraction of sp³-hybridized carbons (Fsp3) is 0.273. The Morgan fingerprint density at radius 1 is 1.10 bits per heavy atom. The first-order chi connectivity index (χ1) is 14.5. The van der Waals surface area contributed by atoms with E-state index in [0.717, 1.165) is 5.56 Å². The number of ether oxygens (including phenoxy) is 3. The number of carbonyl (C=O) groups is 1. The molecule has 0 saturated carbocycles. The maximum atomic E-state index is 12.6. The van der Waals surface area contributed by atoms with E-state index in [2.05, 4.69) is 9.72 Å². The van der Waals surface area contributed by atoms with Gasteiger partial charge in [0.2, 0.25) is 5.89 Å². The number of para-hydroxylation sites is 1. The van der Waals surface area contributed by atoms with E-state index in [4.69, 9.17) is 13.9 Å². The summed E-state index contributed by atoms with van der Waals surface area (Å²) < 4.78 is 45.7. The van der Waals surface area contributed by atoms with Crippen LogP contribution >= 0.6 is 0 Å². The Morgan fingerprint density at radius 2 is 1.90 bits per heavy atom. The minimum absolute atomic E-state index is 0.0570. The van der Waals surface area contributed by atoms with Gasteiger partial charge in [0.15, 0.2) is 11.5 Å². The molecule has 6 nitrogen and oxygen atoms in total. The van der Waals surface area contributed by atoms with Gasteiger partial charge in [0, 0.05) is 17.5 Å². The van der Waals surface area contributed by atoms with Gasteiger partial charge in [0.25, 0.3) is 0 Å². The Hall–Kier alpha value is -3.42. The van der Waals surface area contributed by atoms with Crippen molar-refractivity contribution in [2.75, 3.05) is 13.7 Å². The number of alkyl halides is 2. The number of methoxy groups -OCH3 is 1. The molecule has 3 aromatic rings. The van der Waals surface area contributed by atoms with Crippen molar-refractivity contribution in [3.8, 4) is 28.7 Å². The molecule has 0 aliphatic rings. The molecule has 0 saturated heterocycles. The van der Waals surface area contributed by atoms with Crippen LogP contribution in [0.5, 0.6) is 17.2 Å². The number of nitrogens with zero attached hydrogens (tertiary/aromatic N) is 1. The third kappa shape index (κ3) is 5.34. The van der Waals surface area contributed by atoms with Gasteiger partial charge in [0.1, 0.15) is 17.8 Å². The normalized spacial score (nSPS) is 10.8. The van der Waals surface area contributed by atoms with Crippen LogP contribution in [0.2, 0.25) is 0 Å². The number of benzene rings is 2. The molecule has 0 N–H and O–H groups in total. The van der Waals surface area contributed by atoms with E-state index in [-0.39, 0.29) is 36.0 Å². The van der Waals surface area contributed by atoms with Crippen LogP contribution in [0.4, 0.5) is 8.78 Å². The fourth-order valence-electron chi connectivity index (χ4n) is 2.94. The fourth-order valence-corrected chi connectivity index (χ4v) is 2.94. The highest BCUT2D eigenvalue weighted by Gasteiger charge is 2.16. The molecule has 0 atom stereocenters. The van der Waals surface area contributed by atoms with Gasteiger partial charge in [-0.1, -0.05) is 18.2 Å². The average Bonchev–Trinajstić information content (AvgIpc) is 3.17. The molecular weight excluding hydrogens is 396 g/mol. The second kappa shape index (κ2) is 9.87. The van der Waals surface area contributed by atoms with Gasteiger partial charge < -0.3 is 18.6 Å². The van der Waals surface area contributed by atoms with Crippen LogP contribution in [0.15, 0.2) is 53.1 Å². The van der Waals surface area contributed by atoms with Crippen molar-refractivity contribution in [1.29, 1.82) is 0 Å². The van der Waals surface area contributed by atoms with Gasteiger partial charge in [-0.25, -0.2) is 4.98 Å². The summed E-state index contributed by atoms with van der Waals surface area (Å²) in [6, 6.07) is 11.8. The summed E-state index contributed by atoms with van der Waals surface area (Å²) in [5.41, 5.74) is 1.67. The Morgan fingerprint density at radius 3 is 2.63 bits per heavy atom. The van der Waals surface area contributed by atoms with Crippen LogP contribution < -0.4 is 14.2 Å². The topological polar surface area (TPSA) is 70.8 Å². The summed E-state index contributed by atoms with van der Waals surface area (Å²) in [7, 11) is 1.35. The zero-order valence-electron chi connectivity index (χ0n) is 16.6. The summed E-state index contributed by atoms with van der Waals surface area (Å²) in [4.78, 5) is 16.8. The highest BCUT2D eigenvalue weighted by atomic mass is 19.3. The molecule has 30 heavy (non-hydrogen) atoms. The summed E-state index contributed by atoms with van der Waals surface area (Å²) in [5.74, 6) is 0.842. The number of ketones is 1. The highest BCUT2D eigenvalue weighted by molar-refractivity contribution is 5.83. The van der Waals surface area contributed by atoms with E-state index >= 15 is 0 Å². The molecule has 0 amide bonds. The van der Waals surface area contributed by atoms with Gasteiger partial charge in [-0.2, -0.15) is 8.78 Å². The SMILES string of the molecule is CCOc1ccccc1CC(=O)Cc1coc(-c2ccc(OC)c(OC(F)F)c2)n1. The van der Waals surface area contributed by atoms with Crippen LogP contribution in [-0.4, -0.2) is 31.1 Å². The van der Waals surface area contributed by atoms with E-state index in [1.54, 1.807) is 6.07 Å². The number of Topliss-reactive ketones (excluding diaryl/α,β-unsaturated/α-hetero) is 1. The first-order valence-electron chi connectivity index (χ1n) is 9.30. The number of carbonyl (C=O) groups excluding carboxylic acids is 1. The van der Waals surface area contributed by atoms with Crippen molar-refractivity contribution in [2.45, 2.75) is 26.4 Å². The zero-order chi connectivity index (χ0) is 21.5. The summed E-state index contributed by atoms with van der Waals surface area (Å²) in [6.07, 6.45) is 1.65. The zero-order valence-corrected chi connectivity index (χ0v) is 16.6. The lowest BCUT2D eigenvalue weighted by Crippen LogP contribution is -2.08. The molecule has 158 valence electrons. The highest BCUT2D eigenvalue weighted by Crippen LogP contribution is 2.33. The van der Waals surface area contributed by atoms with Gasteiger partial charge in [-0.05, 0) is 31.2 Å². The Balaban J connectivity index is 1.72. The molecule has 2 aromatic carbocycles. The predicted molar refractivity (Wildman–Crippen MR) is 105 cm³/mol. The first kappa shape index (κ1) is 21.3. The van der Waals surface area contributed by atoms with E-state index in [9.17, 15) is 13.6 Å². The third-order valence-corrected chi connectivity index (χ3v) is 4.22. The summed E-state index contributed by atoms with van der Waals surface area (Å²) >= 11 is 0. The largest absolute Gasteiger partial charge is 0.494 e. The molecule has 3 rings (SSSR count). The second-order valence-electron chi connectivity index (χ2n) is 6.32. The van der Waals surface area contributed by atoms with Gasteiger partial charge in [-0.15, -0.1) is 0 Å². The molecule has 0 aliphatic carbocycles. The lowest BCUT2D eigenvalue weighted by molar-refractivity contribution is -0.117. The van der Waals surface area contributed by atoms with Gasteiger partial charge >= 0.3 is 6.61 Å². The lowest BCUT2D eigenvalue weighted by Gasteiger charge is -2.10. The van der Waals surface area contributed by atoms with Crippen LogP contribution in [0.25, 0.3) is 11.5 Å². The quantitative estimate of drug-likeness (QED) is 0.476. The maximum absolute atomic E-state index is 12.6. The van der Waals surface area contributed by atoms with E-state index < -0.39 is 6.61 Å². The molecular formula is C22H21F2NO5. The minimum Gasteiger partial charge on any atom is -0.494 e. The van der Waals surface area contributed by atoms with Crippen LogP contribution in [0, 0.1) is 0 Å². The molecule has 8 heteroatoms. The molecule has 1 heterocycles. The molecule has 0 spiro atoms. The van der Waals surface area contributed by atoms with Gasteiger partial charge in [0.05, 0.1) is 25.8 Å². The average molecular weight is 417 g/mol. The number of oxazole rings is 1. The monoisotopic (exact) mass is 417 g/mol. The van der Waals surface area contributed by atoms with Crippen LogP contribution in [-0.2, 0) is 17.6 Å². The first-order valence-corrected chi connectivity index (χ1v) is 9.30. The predicted octanol–water partition coefficient (Wildman–Crippen LogP) is 4.70. The van der Waals surface area contributed by atoms with E-state index in [0.29, 0.717) is 23.6 Å². The molecule has 0 fully saturated rings. The molecule has 0 unspecified atom stereocenters. The van der Waals surface area contributed by atoms with E-state index in [1.165, 1.54) is 25.5 Å². The smallest absolute Gasteiger partial charge is 0.387 e. The summed E-state index contributed by atoms with van der Waals surface area (Å²) in [5, 5.41) is 0. The minimum atomic E-state index is -2.99. The molecule has 0 aliphatic heterocycles. The number of hydrogen-bond acceptors (Lipinski definition) is 6. The number of halogens is 2. The Labute approximate surface area is 172 Å². The molecule has 0 radical (unpaired) electrons. The van der Waals surface area contributed by atoms with Crippen LogP contribution in [0.1, 0.15) is 18.2 Å².